The third-order valence-electron chi connectivity index (χ3n) is 5.76. The largest absolute Gasteiger partial charge is 0.299 e. The highest BCUT2D eigenvalue weighted by Gasteiger charge is 2.16. The van der Waals surface area contributed by atoms with E-state index in [-0.39, 0.29) is 0 Å². The van der Waals surface area contributed by atoms with E-state index in [0.717, 1.165) is 13.1 Å². The van der Waals surface area contributed by atoms with Crippen molar-refractivity contribution >= 4 is 10.8 Å². The van der Waals surface area contributed by atoms with E-state index in [1.807, 2.05) is 0 Å². The first-order chi connectivity index (χ1) is 11.9. The van der Waals surface area contributed by atoms with Crippen LogP contribution < -0.4 is 0 Å². The fraction of sp³-hybridized carbons (Fsp3) is 0.545. The summed E-state index contributed by atoms with van der Waals surface area (Å²) < 4.78 is 0. The van der Waals surface area contributed by atoms with Gasteiger partial charge < -0.3 is 0 Å². The Balaban J connectivity index is 1.62. The lowest BCUT2D eigenvalue weighted by molar-refractivity contribution is 0.219. The van der Waals surface area contributed by atoms with Crippen molar-refractivity contribution in [1.82, 2.24) is 9.80 Å². The van der Waals surface area contributed by atoms with Crippen molar-refractivity contribution < 1.29 is 0 Å². The molecule has 0 radical (unpaired) electrons. The van der Waals surface area contributed by atoms with E-state index in [9.17, 15) is 0 Å². The van der Waals surface area contributed by atoms with Gasteiger partial charge in [-0.15, -0.1) is 0 Å². The number of rotatable bonds is 4. The van der Waals surface area contributed by atoms with Crippen LogP contribution in [0.2, 0.25) is 0 Å². The molecular formula is C22H30N2. The maximum absolute atomic E-state index is 2.65. The molecule has 2 aromatic carbocycles. The van der Waals surface area contributed by atoms with Gasteiger partial charge in [-0.1, -0.05) is 49.2 Å². The van der Waals surface area contributed by atoms with Crippen LogP contribution in [0.15, 0.2) is 36.4 Å². The molecule has 0 atom stereocenters. The summed E-state index contributed by atoms with van der Waals surface area (Å²) in [5, 5.41) is 2.94. The molecule has 0 bridgehead atoms. The lowest BCUT2D eigenvalue weighted by Gasteiger charge is -2.29. The lowest BCUT2D eigenvalue weighted by Crippen LogP contribution is -2.30. The molecule has 2 aliphatic rings. The first kappa shape index (κ1) is 16.1. The van der Waals surface area contributed by atoms with Gasteiger partial charge in [0.05, 0.1) is 0 Å². The zero-order valence-corrected chi connectivity index (χ0v) is 14.8. The van der Waals surface area contributed by atoms with Gasteiger partial charge in [-0.3, -0.25) is 9.80 Å². The van der Waals surface area contributed by atoms with Crippen LogP contribution >= 0.6 is 0 Å². The molecule has 2 aromatic rings. The first-order valence-corrected chi connectivity index (χ1v) is 9.84. The van der Waals surface area contributed by atoms with Gasteiger partial charge in [0.2, 0.25) is 0 Å². The molecule has 2 aliphatic heterocycles. The van der Waals surface area contributed by atoms with Gasteiger partial charge in [-0.25, -0.2) is 0 Å². The van der Waals surface area contributed by atoms with Crippen LogP contribution in [-0.2, 0) is 13.1 Å². The highest BCUT2D eigenvalue weighted by Crippen LogP contribution is 2.27. The van der Waals surface area contributed by atoms with Crippen LogP contribution in [0.4, 0.5) is 0 Å². The first-order valence-electron chi connectivity index (χ1n) is 9.84. The fourth-order valence-electron chi connectivity index (χ4n) is 4.48. The minimum atomic E-state index is 1.12. The van der Waals surface area contributed by atoms with Crippen LogP contribution in [0.3, 0.4) is 0 Å². The second-order valence-electron chi connectivity index (χ2n) is 7.61. The Labute approximate surface area is 146 Å². The fourth-order valence-corrected chi connectivity index (χ4v) is 4.48. The maximum Gasteiger partial charge on any atom is 0.0240 e. The molecule has 4 rings (SSSR count). The molecule has 128 valence electrons. The van der Waals surface area contributed by atoms with Crippen molar-refractivity contribution in [3.63, 3.8) is 0 Å². The Hall–Kier alpha value is -1.38. The van der Waals surface area contributed by atoms with E-state index in [4.69, 9.17) is 0 Å². The van der Waals surface area contributed by atoms with Crippen LogP contribution in [0.1, 0.15) is 49.7 Å². The highest BCUT2D eigenvalue weighted by molar-refractivity contribution is 5.88. The lowest BCUT2D eigenvalue weighted by atomic mass is 9.97. The molecule has 0 N–H and O–H groups in total. The predicted molar refractivity (Wildman–Crippen MR) is 102 cm³/mol. The smallest absolute Gasteiger partial charge is 0.0240 e. The minimum absolute atomic E-state index is 1.12. The number of likely N-dealkylation sites (tertiary alicyclic amines) is 2. The van der Waals surface area contributed by atoms with E-state index < -0.39 is 0 Å². The summed E-state index contributed by atoms with van der Waals surface area (Å²) in [5.74, 6) is 0. The molecule has 2 fully saturated rings. The van der Waals surface area contributed by atoms with Gasteiger partial charge in [0, 0.05) is 13.1 Å². The molecule has 0 saturated carbocycles. The molecule has 0 spiro atoms. The van der Waals surface area contributed by atoms with Crippen molar-refractivity contribution in [1.29, 1.82) is 0 Å². The SMILES string of the molecule is c1cc(CN2CCCCC2)c2c(CN3CCCCC3)cccc2c1. The van der Waals surface area contributed by atoms with E-state index in [1.165, 1.54) is 86.6 Å². The number of piperidine rings is 2. The third kappa shape index (κ3) is 3.65. The number of hydrogen-bond acceptors (Lipinski definition) is 2. The maximum atomic E-state index is 2.65. The number of fused-ring (bicyclic) bond motifs is 1. The molecule has 2 nitrogen and oxygen atoms in total. The quantitative estimate of drug-likeness (QED) is 0.797. The van der Waals surface area contributed by atoms with E-state index in [0.29, 0.717) is 0 Å². The molecule has 0 aliphatic carbocycles. The Kier molecular flexibility index (Phi) is 5.15. The van der Waals surface area contributed by atoms with Crippen molar-refractivity contribution in [3.05, 3.63) is 47.5 Å². The van der Waals surface area contributed by atoms with Crippen molar-refractivity contribution in [2.75, 3.05) is 26.2 Å². The highest BCUT2D eigenvalue weighted by atomic mass is 15.1. The Bertz CT molecular complexity index is 612. The standard InChI is InChI=1S/C22H30N2/c1-3-13-23(14-4-1)17-20-11-7-9-19-10-8-12-21(22(19)20)18-24-15-5-2-6-16-24/h7-12H,1-6,13-18H2. The molecule has 2 heteroatoms. The van der Waals surface area contributed by atoms with Crippen LogP contribution in [0.25, 0.3) is 10.8 Å². The molecule has 0 unspecified atom stereocenters. The van der Waals surface area contributed by atoms with Crippen molar-refractivity contribution in [3.8, 4) is 0 Å². The topological polar surface area (TPSA) is 6.48 Å². The molecule has 0 amide bonds. The van der Waals surface area contributed by atoms with Gasteiger partial charge in [0.15, 0.2) is 0 Å². The molecule has 2 heterocycles. The molecule has 0 aromatic heterocycles. The summed E-state index contributed by atoms with van der Waals surface area (Å²) in [4.78, 5) is 5.30. The van der Waals surface area contributed by atoms with Gasteiger partial charge in [0.1, 0.15) is 0 Å². The monoisotopic (exact) mass is 322 g/mol. The average molecular weight is 322 g/mol. The number of hydrogen-bond donors (Lipinski definition) is 0. The summed E-state index contributed by atoms with van der Waals surface area (Å²) in [6.45, 7) is 7.31. The van der Waals surface area contributed by atoms with E-state index >= 15 is 0 Å². The normalized spacial score (nSPS) is 20.5. The summed E-state index contributed by atoms with van der Waals surface area (Å²) >= 11 is 0. The summed E-state index contributed by atoms with van der Waals surface area (Å²) in [6.07, 6.45) is 8.28. The zero-order chi connectivity index (χ0) is 16.2. The van der Waals surface area contributed by atoms with Gasteiger partial charge in [-0.05, 0) is 73.8 Å². The molecule has 2 saturated heterocycles. The third-order valence-corrected chi connectivity index (χ3v) is 5.76. The van der Waals surface area contributed by atoms with Crippen molar-refractivity contribution in [2.24, 2.45) is 0 Å². The Morgan fingerprint density at radius 3 is 1.50 bits per heavy atom. The summed E-state index contributed by atoms with van der Waals surface area (Å²) in [7, 11) is 0. The number of benzene rings is 2. The second kappa shape index (κ2) is 7.67. The van der Waals surface area contributed by atoms with E-state index in [1.54, 1.807) is 0 Å². The average Bonchev–Trinajstić information content (AvgIpc) is 2.64. The van der Waals surface area contributed by atoms with Gasteiger partial charge in [0.25, 0.3) is 0 Å². The summed E-state index contributed by atoms with van der Waals surface area (Å²) in [6, 6.07) is 13.8. The van der Waals surface area contributed by atoms with Crippen LogP contribution in [0, 0.1) is 0 Å². The molecule has 24 heavy (non-hydrogen) atoms. The Morgan fingerprint density at radius 2 is 1.04 bits per heavy atom. The predicted octanol–water partition coefficient (Wildman–Crippen LogP) is 4.81. The summed E-state index contributed by atoms with van der Waals surface area (Å²) in [5.41, 5.74) is 3.06. The van der Waals surface area contributed by atoms with Crippen molar-refractivity contribution in [2.45, 2.75) is 51.6 Å². The minimum Gasteiger partial charge on any atom is -0.299 e. The van der Waals surface area contributed by atoms with E-state index in [2.05, 4.69) is 46.2 Å². The second-order valence-corrected chi connectivity index (χ2v) is 7.61. The number of nitrogens with zero attached hydrogens (tertiary/aromatic N) is 2. The van der Waals surface area contributed by atoms with Gasteiger partial charge >= 0.3 is 0 Å². The van der Waals surface area contributed by atoms with Crippen LogP contribution in [0.5, 0.6) is 0 Å². The molecular weight excluding hydrogens is 292 g/mol. The van der Waals surface area contributed by atoms with Gasteiger partial charge in [-0.2, -0.15) is 0 Å². The van der Waals surface area contributed by atoms with Crippen LogP contribution in [-0.4, -0.2) is 36.0 Å². The Morgan fingerprint density at radius 1 is 0.583 bits per heavy atom. The zero-order valence-electron chi connectivity index (χ0n) is 14.8.